The highest BCUT2D eigenvalue weighted by molar-refractivity contribution is 5.83. The Morgan fingerprint density at radius 2 is 2.37 bits per heavy atom. The van der Waals surface area contributed by atoms with Gasteiger partial charge >= 0.3 is 5.97 Å². The predicted molar refractivity (Wildman–Crippen MR) is 67.5 cm³/mol. The zero-order chi connectivity index (χ0) is 14.0. The summed E-state index contributed by atoms with van der Waals surface area (Å²) in [6.45, 7) is 4.71. The first-order valence-electron chi connectivity index (χ1n) is 6.23. The molecule has 2 rings (SSSR count). The van der Waals surface area contributed by atoms with Crippen molar-refractivity contribution in [2.45, 2.75) is 32.5 Å². The van der Waals surface area contributed by atoms with Gasteiger partial charge in [-0.05, 0) is 13.8 Å². The number of aliphatic carboxylic acids is 1. The number of nitrogens with zero attached hydrogens (tertiary/aromatic N) is 3. The minimum absolute atomic E-state index is 0.0975. The molecule has 1 fully saturated rings. The maximum absolute atomic E-state index is 11.4. The highest BCUT2D eigenvalue weighted by Gasteiger charge is 2.32. The van der Waals surface area contributed by atoms with Crippen LogP contribution in [0.3, 0.4) is 0 Å². The summed E-state index contributed by atoms with van der Waals surface area (Å²) in [5, 5.41) is 11.8. The van der Waals surface area contributed by atoms with Crippen LogP contribution in [0.15, 0.2) is 12.5 Å². The van der Waals surface area contributed by atoms with Crippen LogP contribution in [0.2, 0.25) is 0 Å². The Balaban J connectivity index is 2.16. The molecule has 104 valence electrons. The van der Waals surface area contributed by atoms with Gasteiger partial charge in [0.25, 0.3) is 0 Å². The summed E-state index contributed by atoms with van der Waals surface area (Å²) in [5.74, 6) is -1.07. The van der Waals surface area contributed by atoms with Crippen molar-refractivity contribution >= 4 is 11.9 Å². The van der Waals surface area contributed by atoms with Crippen molar-refractivity contribution in [1.29, 1.82) is 0 Å². The van der Waals surface area contributed by atoms with Gasteiger partial charge < -0.3 is 15.0 Å². The van der Waals surface area contributed by atoms with Crippen molar-refractivity contribution in [2.24, 2.45) is 0 Å². The molecule has 0 aromatic carbocycles. The zero-order valence-electron chi connectivity index (χ0n) is 11.0. The van der Waals surface area contributed by atoms with Gasteiger partial charge in [0.2, 0.25) is 5.91 Å². The molecule has 0 radical (unpaired) electrons. The summed E-state index contributed by atoms with van der Waals surface area (Å²) in [6, 6.07) is -0.437. The Hall–Kier alpha value is -1.89. The summed E-state index contributed by atoms with van der Waals surface area (Å²) in [4.78, 5) is 28.4. The number of carbonyl (C=O) groups excluding carboxylic acids is 1. The third kappa shape index (κ3) is 2.93. The number of hydrogen-bond donors (Lipinski definition) is 2. The molecule has 2 N–H and O–H groups in total. The van der Waals surface area contributed by atoms with Gasteiger partial charge in [-0.1, -0.05) is 0 Å². The molecule has 0 bridgehead atoms. The highest BCUT2D eigenvalue weighted by atomic mass is 16.4. The van der Waals surface area contributed by atoms with Crippen LogP contribution in [0.4, 0.5) is 0 Å². The second-order valence-corrected chi connectivity index (χ2v) is 4.95. The lowest BCUT2D eigenvalue weighted by molar-refractivity contribution is -0.146. The molecule has 1 aliphatic rings. The summed E-state index contributed by atoms with van der Waals surface area (Å²) < 4.78 is 1.98. The van der Waals surface area contributed by atoms with E-state index >= 15 is 0 Å². The van der Waals surface area contributed by atoms with Crippen LogP contribution in [0, 0.1) is 0 Å². The molecule has 1 atom stereocenters. The molecule has 1 aromatic rings. The number of hydrogen-bond acceptors (Lipinski definition) is 4. The van der Waals surface area contributed by atoms with Crippen molar-refractivity contribution in [2.75, 3.05) is 13.1 Å². The van der Waals surface area contributed by atoms with E-state index in [1.807, 2.05) is 18.4 Å². The maximum Gasteiger partial charge on any atom is 0.322 e. The SMILES string of the molecule is CC(C)n1cncc1CN1CC(=O)NCC1C(=O)O. The van der Waals surface area contributed by atoms with Gasteiger partial charge in [-0.15, -0.1) is 0 Å². The fraction of sp³-hybridized carbons (Fsp3) is 0.583. The second kappa shape index (κ2) is 5.40. The van der Waals surface area contributed by atoms with Crippen molar-refractivity contribution < 1.29 is 14.7 Å². The molecule has 0 spiro atoms. The molecule has 1 amide bonds. The first-order chi connectivity index (χ1) is 8.99. The molecule has 7 nitrogen and oxygen atoms in total. The highest BCUT2D eigenvalue weighted by Crippen LogP contribution is 2.14. The number of imidazole rings is 1. The van der Waals surface area contributed by atoms with E-state index < -0.39 is 12.0 Å². The zero-order valence-corrected chi connectivity index (χ0v) is 11.0. The third-order valence-electron chi connectivity index (χ3n) is 3.23. The van der Waals surface area contributed by atoms with Gasteiger partial charge in [-0.2, -0.15) is 0 Å². The molecule has 2 heterocycles. The Morgan fingerprint density at radius 3 is 3.00 bits per heavy atom. The number of nitrogens with one attached hydrogen (secondary N) is 1. The van der Waals surface area contributed by atoms with Crippen molar-refractivity contribution in [3.8, 4) is 0 Å². The average Bonchev–Trinajstić information content (AvgIpc) is 2.76. The largest absolute Gasteiger partial charge is 0.480 e. The lowest BCUT2D eigenvalue weighted by atomic mass is 10.2. The van der Waals surface area contributed by atoms with E-state index in [9.17, 15) is 14.7 Å². The van der Waals surface area contributed by atoms with Gasteiger partial charge in [0.15, 0.2) is 0 Å². The van der Waals surface area contributed by atoms with Crippen LogP contribution < -0.4 is 5.32 Å². The van der Waals surface area contributed by atoms with Gasteiger partial charge in [-0.25, -0.2) is 4.98 Å². The number of carboxylic acid groups (broad SMARTS) is 1. The van der Waals surface area contributed by atoms with Crippen LogP contribution in [0.1, 0.15) is 25.6 Å². The lowest BCUT2D eigenvalue weighted by Crippen LogP contribution is -2.57. The van der Waals surface area contributed by atoms with Gasteiger partial charge in [0.05, 0.1) is 18.6 Å². The third-order valence-corrected chi connectivity index (χ3v) is 3.23. The number of carboxylic acids is 1. The van der Waals surface area contributed by atoms with E-state index in [1.165, 1.54) is 0 Å². The van der Waals surface area contributed by atoms with Crippen molar-refractivity contribution in [3.05, 3.63) is 18.2 Å². The Labute approximate surface area is 111 Å². The molecule has 0 saturated carbocycles. The number of aromatic nitrogens is 2. The van der Waals surface area contributed by atoms with Crippen LogP contribution in [0.5, 0.6) is 0 Å². The van der Waals surface area contributed by atoms with Crippen LogP contribution in [-0.2, 0) is 16.1 Å². The Morgan fingerprint density at radius 1 is 1.63 bits per heavy atom. The first kappa shape index (κ1) is 13.5. The summed E-state index contributed by atoms with van der Waals surface area (Å²) in [5.41, 5.74) is 0.913. The minimum Gasteiger partial charge on any atom is -0.480 e. The van der Waals surface area contributed by atoms with Crippen LogP contribution in [-0.4, -0.2) is 50.6 Å². The summed E-state index contributed by atoms with van der Waals surface area (Å²) in [6.07, 6.45) is 3.44. The fourth-order valence-corrected chi connectivity index (χ4v) is 2.23. The standard InChI is InChI=1S/C12H18N4O3/c1-8(2)16-7-13-3-9(16)5-15-6-11(17)14-4-10(15)12(18)19/h3,7-8,10H,4-6H2,1-2H3,(H,14,17)(H,18,19). The van der Waals surface area contributed by atoms with Crippen LogP contribution in [0.25, 0.3) is 0 Å². The molecule has 1 aromatic heterocycles. The molecule has 1 aliphatic heterocycles. The average molecular weight is 266 g/mol. The van der Waals surface area contributed by atoms with E-state index in [4.69, 9.17) is 0 Å². The predicted octanol–water partition coefficient (Wildman–Crippen LogP) is -0.151. The number of amides is 1. The van der Waals surface area contributed by atoms with Crippen molar-refractivity contribution in [3.63, 3.8) is 0 Å². The molecular weight excluding hydrogens is 248 g/mol. The smallest absolute Gasteiger partial charge is 0.322 e. The lowest BCUT2D eigenvalue weighted by Gasteiger charge is -2.32. The molecule has 19 heavy (non-hydrogen) atoms. The van der Waals surface area contributed by atoms with Gasteiger partial charge in [0.1, 0.15) is 6.04 Å². The van der Waals surface area contributed by atoms with E-state index in [0.717, 1.165) is 5.69 Å². The monoisotopic (exact) mass is 266 g/mol. The number of carbonyl (C=O) groups is 2. The van der Waals surface area contributed by atoms with Gasteiger partial charge in [0, 0.05) is 25.3 Å². The van der Waals surface area contributed by atoms with E-state index in [0.29, 0.717) is 6.54 Å². The first-order valence-corrected chi connectivity index (χ1v) is 6.23. The normalized spacial score (nSPS) is 20.6. The Bertz CT molecular complexity index is 483. The summed E-state index contributed by atoms with van der Waals surface area (Å²) >= 11 is 0. The minimum atomic E-state index is -0.921. The van der Waals surface area contributed by atoms with E-state index in [2.05, 4.69) is 10.3 Å². The summed E-state index contributed by atoms with van der Waals surface area (Å²) in [7, 11) is 0. The fourth-order valence-electron chi connectivity index (χ4n) is 2.23. The Kier molecular flexibility index (Phi) is 3.84. The topological polar surface area (TPSA) is 87.5 Å². The van der Waals surface area contributed by atoms with Gasteiger partial charge in [-0.3, -0.25) is 14.5 Å². The second-order valence-electron chi connectivity index (χ2n) is 4.95. The molecular formula is C12H18N4O3. The molecule has 7 heteroatoms. The molecule has 1 unspecified atom stereocenters. The number of piperazine rings is 1. The molecule has 0 aliphatic carbocycles. The van der Waals surface area contributed by atoms with E-state index in [1.54, 1.807) is 17.4 Å². The molecule has 1 saturated heterocycles. The van der Waals surface area contributed by atoms with Crippen LogP contribution >= 0.6 is 0 Å². The van der Waals surface area contributed by atoms with E-state index in [-0.39, 0.29) is 25.0 Å². The maximum atomic E-state index is 11.4. The number of rotatable bonds is 4. The quantitative estimate of drug-likeness (QED) is 0.791. The van der Waals surface area contributed by atoms with Crippen molar-refractivity contribution in [1.82, 2.24) is 19.8 Å².